The minimum atomic E-state index is -0.0770. The van der Waals surface area contributed by atoms with E-state index in [2.05, 4.69) is 63.5 Å². The van der Waals surface area contributed by atoms with E-state index >= 15 is 0 Å². The molecule has 1 saturated carbocycles. The minimum Gasteiger partial charge on any atom is -0.497 e. The molecule has 2 aromatic carbocycles. The van der Waals surface area contributed by atoms with Crippen molar-refractivity contribution < 1.29 is 4.74 Å². The number of nitrogens with zero attached hydrogens (tertiary/aromatic N) is 5. The van der Waals surface area contributed by atoms with Crippen LogP contribution in [-0.2, 0) is 13.1 Å². The van der Waals surface area contributed by atoms with Crippen LogP contribution in [0, 0.1) is 6.92 Å². The highest BCUT2D eigenvalue weighted by Gasteiger charge is 2.29. The third-order valence-electron chi connectivity index (χ3n) is 7.32. The van der Waals surface area contributed by atoms with Crippen molar-refractivity contribution in [2.45, 2.75) is 71.1 Å². The Morgan fingerprint density at radius 1 is 1.11 bits per heavy atom. The summed E-state index contributed by atoms with van der Waals surface area (Å²) in [5, 5.41) is 13.9. The van der Waals surface area contributed by atoms with Crippen LogP contribution in [0.1, 0.15) is 73.6 Å². The molecule has 4 aromatic rings. The molecular weight excluding hydrogens is 452 g/mol. The predicted octanol–water partition coefficient (Wildman–Crippen LogP) is 5.10. The molecule has 1 aliphatic rings. The number of methoxy groups -OCH3 is 1. The Balaban J connectivity index is 1.53. The van der Waals surface area contributed by atoms with E-state index in [0.29, 0.717) is 24.7 Å². The van der Waals surface area contributed by atoms with Crippen molar-refractivity contribution in [3.8, 4) is 5.75 Å². The average Bonchev–Trinajstić information content (AvgIpc) is 3.58. The van der Waals surface area contributed by atoms with Crippen LogP contribution in [0.3, 0.4) is 0 Å². The maximum atomic E-state index is 13.1. The number of H-pyrrole nitrogens is 1. The number of hydrogen-bond donors (Lipinski definition) is 1. The fourth-order valence-corrected chi connectivity index (χ4v) is 5.33. The van der Waals surface area contributed by atoms with Crippen molar-refractivity contribution in [2.24, 2.45) is 0 Å². The molecule has 8 nitrogen and oxygen atoms in total. The molecule has 188 valence electrons. The maximum absolute atomic E-state index is 13.1. The molecule has 1 atom stereocenters. The van der Waals surface area contributed by atoms with E-state index < -0.39 is 0 Å². The normalized spacial score (nSPS) is 15.1. The van der Waals surface area contributed by atoms with E-state index in [4.69, 9.17) is 4.74 Å². The zero-order chi connectivity index (χ0) is 25.1. The zero-order valence-electron chi connectivity index (χ0n) is 21.3. The number of tetrazole rings is 1. The molecule has 0 radical (unpaired) electrons. The van der Waals surface area contributed by atoms with E-state index in [1.165, 1.54) is 24.0 Å². The van der Waals surface area contributed by atoms with Gasteiger partial charge in [-0.3, -0.25) is 9.69 Å². The third kappa shape index (κ3) is 5.04. The van der Waals surface area contributed by atoms with E-state index in [9.17, 15) is 4.79 Å². The van der Waals surface area contributed by atoms with Crippen LogP contribution in [0.2, 0.25) is 0 Å². The number of pyridine rings is 1. The van der Waals surface area contributed by atoms with Gasteiger partial charge in [0.05, 0.1) is 19.2 Å². The van der Waals surface area contributed by atoms with Gasteiger partial charge in [0.15, 0.2) is 5.82 Å². The highest BCUT2D eigenvalue weighted by atomic mass is 16.5. The van der Waals surface area contributed by atoms with Gasteiger partial charge in [-0.15, -0.1) is 5.10 Å². The lowest BCUT2D eigenvalue weighted by atomic mass is 10.1. The van der Waals surface area contributed by atoms with Gasteiger partial charge < -0.3 is 9.72 Å². The molecular formula is C28H34N6O2. The summed E-state index contributed by atoms with van der Waals surface area (Å²) in [5.74, 6) is 1.65. The lowest BCUT2D eigenvalue weighted by Gasteiger charge is -2.31. The lowest BCUT2D eigenvalue weighted by molar-refractivity contribution is 0.158. The van der Waals surface area contributed by atoms with Crippen molar-refractivity contribution in [1.82, 2.24) is 30.1 Å². The van der Waals surface area contributed by atoms with Crippen LogP contribution in [0.4, 0.5) is 0 Å². The van der Waals surface area contributed by atoms with Gasteiger partial charge in [-0.2, -0.15) is 0 Å². The smallest absolute Gasteiger partial charge is 0.252 e. The minimum absolute atomic E-state index is 0.0256. The van der Waals surface area contributed by atoms with Gasteiger partial charge in [0.25, 0.3) is 5.56 Å². The summed E-state index contributed by atoms with van der Waals surface area (Å²) in [5.41, 5.74) is 3.85. The molecule has 1 aliphatic carbocycles. The van der Waals surface area contributed by atoms with Gasteiger partial charge in [0.1, 0.15) is 5.75 Å². The molecule has 0 aliphatic heterocycles. The predicted molar refractivity (Wildman–Crippen MR) is 140 cm³/mol. The molecule has 8 heteroatoms. The SMILES string of the molecule is CC[C@H](c1nnnn1C1CCCC1)N(Cc1ccc(C)cc1)Cc1cc2cc(OC)ccc2[nH]c1=O. The molecule has 2 heterocycles. The first-order valence-corrected chi connectivity index (χ1v) is 12.8. The quantitative estimate of drug-likeness (QED) is 0.354. The summed E-state index contributed by atoms with van der Waals surface area (Å²) in [6.45, 7) is 5.42. The monoisotopic (exact) mass is 486 g/mol. The number of aromatic amines is 1. The number of nitrogens with one attached hydrogen (secondary N) is 1. The van der Waals surface area contributed by atoms with E-state index in [1.54, 1.807) is 7.11 Å². The Morgan fingerprint density at radius 2 is 1.89 bits per heavy atom. The first-order valence-electron chi connectivity index (χ1n) is 12.8. The second-order valence-electron chi connectivity index (χ2n) is 9.81. The Kier molecular flexibility index (Phi) is 7.13. The summed E-state index contributed by atoms with van der Waals surface area (Å²) in [6, 6.07) is 16.6. The van der Waals surface area contributed by atoms with Crippen molar-refractivity contribution in [3.05, 3.63) is 81.4 Å². The molecule has 1 N–H and O–H groups in total. The molecule has 36 heavy (non-hydrogen) atoms. The Labute approximate surface area is 211 Å². The van der Waals surface area contributed by atoms with Gasteiger partial charge in [0, 0.05) is 29.6 Å². The molecule has 0 saturated heterocycles. The van der Waals surface area contributed by atoms with Crippen LogP contribution >= 0.6 is 0 Å². The summed E-state index contributed by atoms with van der Waals surface area (Å²) in [4.78, 5) is 18.5. The summed E-state index contributed by atoms with van der Waals surface area (Å²) >= 11 is 0. The largest absolute Gasteiger partial charge is 0.497 e. The average molecular weight is 487 g/mol. The second kappa shape index (κ2) is 10.6. The highest BCUT2D eigenvalue weighted by Crippen LogP contribution is 2.33. The number of fused-ring (bicyclic) bond motifs is 1. The number of aromatic nitrogens is 5. The summed E-state index contributed by atoms with van der Waals surface area (Å²) in [6.07, 6.45) is 5.48. The van der Waals surface area contributed by atoms with Crippen molar-refractivity contribution in [3.63, 3.8) is 0 Å². The van der Waals surface area contributed by atoms with Crippen molar-refractivity contribution in [1.29, 1.82) is 0 Å². The summed E-state index contributed by atoms with van der Waals surface area (Å²) in [7, 11) is 1.65. The van der Waals surface area contributed by atoms with Gasteiger partial charge in [-0.1, -0.05) is 49.6 Å². The Hall–Kier alpha value is -3.52. The molecule has 1 fully saturated rings. The number of aryl methyl sites for hydroxylation is 1. The maximum Gasteiger partial charge on any atom is 0.252 e. The number of ether oxygens (including phenoxy) is 1. The topological polar surface area (TPSA) is 88.9 Å². The van der Waals surface area contributed by atoms with Gasteiger partial charge >= 0.3 is 0 Å². The Morgan fingerprint density at radius 3 is 2.61 bits per heavy atom. The lowest BCUT2D eigenvalue weighted by Crippen LogP contribution is -2.32. The molecule has 5 rings (SSSR count). The second-order valence-corrected chi connectivity index (χ2v) is 9.81. The van der Waals surface area contributed by atoms with Crippen LogP contribution in [-0.4, -0.2) is 37.2 Å². The van der Waals surface area contributed by atoms with Crippen LogP contribution in [0.5, 0.6) is 5.75 Å². The highest BCUT2D eigenvalue weighted by molar-refractivity contribution is 5.80. The summed E-state index contributed by atoms with van der Waals surface area (Å²) < 4.78 is 7.44. The molecule has 0 bridgehead atoms. The number of rotatable bonds is 9. The number of benzene rings is 2. The van der Waals surface area contributed by atoms with Crippen LogP contribution in [0.25, 0.3) is 10.9 Å². The first kappa shape index (κ1) is 24.2. The molecule has 0 unspecified atom stereocenters. The van der Waals surface area contributed by atoms with Gasteiger partial charge in [0.2, 0.25) is 0 Å². The van der Waals surface area contributed by atoms with E-state index in [-0.39, 0.29) is 11.6 Å². The standard InChI is InChI=1S/C28H34N6O2/c1-4-26(27-30-31-32-34(27)23-7-5-6-8-23)33(17-20-11-9-19(2)10-12-20)18-22-15-21-16-24(36-3)13-14-25(21)29-28(22)35/h9-16,23,26H,4-8,17-18H2,1-3H3,(H,29,35)/t26-/m1/s1. The van der Waals surface area contributed by atoms with E-state index in [0.717, 1.165) is 41.7 Å². The number of hydrogen-bond acceptors (Lipinski definition) is 6. The van der Waals surface area contributed by atoms with Crippen LogP contribution in [0.15, 0.2) is 53.3 Å². The fourth-order valence-electron chi connectivity index (χ4n) is 5.33. The van der Waals surface area contributed by atoms with Crippen LogP contribution < -0.4 is 10.3 Å². The molecule has 2 aromatic heterocycles. The zero-order valence-corrected chi connectivity index (χ0v) is 21.3. The van der Waals surface area contributed by atoms with Crippen molar-refractivity contribution >= 4 is 10.9 Å². The van der Waals surface area contributed by atoms with E-state index in [1.807, 2.05) is 28.9 Å². The first-order chi connectivity index (χ1) is 17.6. The molecule has 0 spiro atoms. The van der Waals surface area contributed by atoms with Gasteiger partial charge in [-0.05, 0) is 66.4 Å². The van der Waals surface area contributed by atoms with Gasteiger partial charge in [-0.25, -0.2) is 4.68 Å². The Bertz CT molecular complexity index is 1370. The third-order valence-corrected chi connectivity index (χ3v) is 7.32. The van der Waals surface area contributed by atoms with Crippen molar-refractivity contribution in [2.75, 3.05) is 7.11 Å². The fraction of sp³-hybridized carbons (Fsp3) is 0.429. The molecule has 0 amide bonds.